The minimum atomic E-state index is -0.792. The highest BCUT2D eigenvalue weighted by Crippen LogP contribution is 2.62. The lowest BCUT2D eigenvalue weighted by atomic mass is 9.45. The van der Waals surface area contributed by atoms with E-state index in [2.05, 4.69) is 5.32 Å². The second kappa shape index (κ2) is 5.20. The zero-order valence-corrected chi connectivity index (χ0v) is 14.1. The third kappa shape index (κ3) is 1.85. The third-order valence-electron chi connectivity index (χ3n) is 7.01. The number of rotatable bonds is 2. The molecule has 1 aromatic carbocycles. The van der Waals surface area contributed by atoms with Crippen molar-refractivity contribution in [2.24, 2.45) is 11.7 Å². The molecule has 5 heteroatoms. The van der Waals surface area contributed by atoms with Gasteiger partial charge in [-0.2, -0.15) is 0 Å². The SMILES string of the molecule is CNC1CC[C@@]2(O)[C@@H]3CCC[C@@]2(C1)c1c(ccc(C(N)=O)c1O)C3. The first-order valence-electron chi connectivity index (χ1n) is 8.98. The highest BCUT2D eigenvalue weighted by molar-refractivity contribution is 5.96. The first-order valence-corrected chi connectivity index (χ1v) is 8.98. The van der Waals surface area contributed by atoms with Gasteiger partial charge in [0.05, 0.1) is 11.2 Å². The molecule has 0 aliphatic heterocycles. The van der Waals surface area contributed by atoms with E-state index in [0.29, 0.717) is 6.04 Å². The zero-order chi connectivity index (χ0) is 17.1. The topological polar surface area (TPSA) is 95.6 Å². The van der Waals surface area contributed by atoms with Gasteiger partial charge in [0.2, 0.25) is 0 Å². The number of carbonyl (C=O) groups excluding carboxylic acids is 1. The van der Waals surface area contributed by atoms with E-state index in [9.17, 15) is 15.0 Å². The standard InChI is InChI=1S/C19H26N2O3/c1-21-13-6-8-19(24)12-3-2-7-18(19,10-13)15-11(9-12)4-5-14(16(15)22)17(20)23/h4-5,12-13,21-22,24H,2-3,6-10H2,1H3,(H2,20,23)/t12-,13?,18-,19-/m1/s1. The summed E-state index contributed by atoms with van der Waals surface area (Å²) in [5.41, 5.74) is 6.21. The van der Waals surface area contributed by atoms with E-state index in [1.54, 1.807) is 6.07 Å². The van der Waals surface area contributed by atoms with Gasteiger partial charge in [0.1, 0.15) is 5.75 Å². The summed E-state index contributed by atoms with van der Waals surface area (Å²) in [7, 11) is 1.95. The Bertz CT molecular complexity index is 704. The number of hydrogen-bond donors (Lipinski definition) is 4. The van der Waals surface area contributed by atoms with Crippen molar-refractivity contribution in [3.8, 4) is 5.75 Å². The maximum Gasteiger partial charge on any atom is 0.252 e. The molecule has 4 rings (SSSR count). The van der Waals surface area contributed by atoms with E-state index in [0.717, 1.165) is 56.1 Å². The monoisotopic (exact) mass is 330 g/mol. The molecular weight excluding hydrogens is 304 g/mol. The van der Waals surface area contributed by atoms with E-state index >= 15 is 0 Å². The fourth-order valence-corrected chi connectivity index (χ4v) is 5.90. The van der Waals surface area contributed by atoms with E-state index in [1.165, 1.54) is 0 Å². The summed E-state index contributed by atoms with van der Waals surface area (Å²) < 4.78 is 0. The largest absolute Gasteiger partial charge is 0.507 e. The van der Waals surface area contributed by atoms with Gasteiger partial charge < -0.3 is 21.3 Å². The van der Waals surface area contributed by atoms with Crippen LogP contribution in [0.25, 0.3) is 0 Å². The average Bonchev–Trinajstić information content (AvgIpc) is 2.53. The number of primary amides is 1. The molecule has 5 nitrogen and oxygen atoms in total. The van der Waals surface area contributed by atoms with Gasteiger partial charge in [0.15, 0.2) is 0 Å². The molecule has 1 amide bonds. The smallest absolute Gasteiger partial charge is 0.252 e. The molecule has 24 heavy (non-hydrogen) atoms. The van der Waals surface area contributed by atoms with Crippen LogP contribution in [0.3, 0.4) is 0 Å². The quantitative estimate of drug-likeness (QED) is 0.662. The normalized spacial score (nSPS) is 37.4. The predicted molar refractivity (Wildman–Crippen MR) is 91.0 cm³/mol. The van der Waals surface area contributed by atoms with Crippen LogP contribution in [-0.2, 0) is 11.8 Å². The van der Waals surface area contributed by atoms with E-state index in [-0.39, 0.29) is 17.2 Å². The van der Waals surface area contributed by atoms with Crippen LogP contribution in [-0.4, -0.2) is 34.8 Å². The average molecular weight is 330 g/mol. The fourth-order valence-electron chi connectivity index (χ4n) is 5.90. The Balaban J connectivity index is 1.97. The van der Waals surface area contributed by atoms with Gasteiger partial charge in [-0.25, -0.2) is 0 Å². The molecule has 0 heterocycles. The lowest BCUT2D eigenvalue weighted by molar-refractivity contribution is -0.151. The van der Waals surface area contributed by atoms with Crippen molar-refractivity contribution in [3.05, 3.63) is 28.8 Å². The number of amides is 1. The second-order valence-electron chi connectivity index (χ2n) is 7.89. The van der Waals surface area contributed by atoms with Crippen LogP contribution >= 0.6 is 0 Å². The van der Waals surface area contributed by atoms with Crippen molar-refractivity contribution in [1.82, 2.24) is 5.32 Å². The molecule has 4 atom stereocenters. The van der Waals surface area contributed by atoms with Crippen LogP contribution < -0.4 is 11.1 Å². The number of aromatic hydroxyl groups is 1. The fraction of sp³-hybridized carbons (Fsp3) is 0.632. The molecule has 0 spiro atoms. The summed E-state index contributed by atoms with van der Waals surface area (Å²) in [6.07, 6.45) is 6.16. The van der Waals surface area contributed by atoms with Crippen LogP contribution in [0.15, 0.2) is 12.1 Å². The summed E-state index contributed by atoms with van der Waals surface area (Å²) in [4.78, 5) is 11.7. The summed E-state index contributed by atoms with van der Waals surface area (Å²) in [6.45, 7) is 0. The van der Waals surface area contributed by atoms with E-state index < -0.39 is 16.9 Å². The maximum atomic E-state index is 11.7. The van der Waals surface area contributed by atoms with Gasteiger partial charge in [0.25, 0.3) is 5.91 Å². The Labute approximate surface area is 142 Å². The van der Waals surface area contributed by atoms with Crippen molar-refractivity contribution in [3.63, 3.8) is 0 Å². The Hall–Kier alpha value is -1.59. The van der Waals surface area contributed by atoms with Gasteiger partial charge in [-0.15, -0.1) is 0 Å². The molecule has 3 aliphatic carbocycles. The molecule has 3 aliphatic rings. The van der Waals surface area contributed by atoms with Crippen molar-refractivity contribution in [2.45, 2.75) is 62.0 Å². The third-order valence-corrected chi connectivity index (χ3v) is 7.01. The van der Waals surface area contributed by atoms with Gasteiger partial charge in [0, 0.05) is 17.0 Å². The number of hydrogen-bond acceptors (Lipinski definition) is 4. The van der Waals surface area contributed by atoms with Gasteiger partial charge in [-0.1, -0.05) is 12.5 Å². The highest BCUT2D eigenvalue weighted by atomic mass is 16.3. The summed E-state index contributed by atoms with van der Waals surface area (Å²) in [5.74, 6) is -0.389. The molecule has 1 aromatic rings. The zero-order valence-electron chi connectivity index (χ0n) is 14.1. The Morgan fingerprint density at radius 3 is 2.83 bits per heavy atom. The summed E-state index contributed by atoms with van der Waals surface area (Å²) in [5, 5.41) is 26.0. The molecule has 2 saturated carbocycles. The number of nitrogens with one attached hydrogen (secondary N) is 1. The van der Waals surface area contributed by atoms with Gasteiger partial charge in [-0.05, 0) is 63.1 Å². The van der Waals surface area contributed by atoms with Crippen molar-refractivity contribution >= 4 is 5.91 Å². The van der Waals surface area contributed by atoms with Gasteiger partial charge in [-0.3, -0.25) is 4.79 Å². The second-order valence-corrected chi connectivity index (χ2v) is 7.89. The van der Waals surface area contributed by atoms with Crippen LogP contribution in [0.5, 0.6) is 5.75 Å². The Morgan fingerprint density at radius 2 is 2.12 bits per heavy atom. The first-order chi connectivity index (χ1) is 11.4. The maximum absolute atomic E-state index is 11.7. The van der Waals surface area contributed by atoms with E-state index in [1.807, 2.05) is 13.1 Å². The first kappa shape index (κ1) is 15.9. The Morgan fingerprint density at radius 1 is 1.33 bits per heavy atom. The predicted octanol–water partition coefficient (Wildman–Crippen LogP) is 1.59. The van der Waals surface area contributed by atoms with E-state index in [4.69, 9.17) is 5.73 Å². The summed E-state index contributed by atoms with van der Waals surface area (Å²) >= 11 is 0. The van der Waals surface area contributed by atoms with Crippen molar-refractivity contribution in [2.75, 3.05) is 7.05 Å². The lowest BCUT2D eigenvalue weighted by Crippen LogP contribution is -2.66. The molecule has 0 saturated heterocycles. The molecule has 5 N–H and O–H groups in total. The molecule has 130 valence electrons. The molecule has 0 radical (unpaired) electrons. The van der Waals surface area contributed by atoms with Crippen LogP contribution in [0.1, 0.15) is 60.0 Å². The molecular formula is C19H26N2O3. The highest BCUT2D eigenvalue weighted by Gasteiger charge is 2.63. The van der Waals surface area contributed by atoms with Crippen LogP contribution in [0.2, 0.25) is 0 Å². The Kier molecular flexibility index (Phi) is 3.45. The molecule has 0 aromatic heterocycles. The number of carbonyl (C=O) groups is 1. The minimum Gasteiger partial charge on any atom is -0.507 e. The number of fused-ring (bicyclic) bond motifs is 1. The van der Waals surface area contributed by atoms with Crippen LogP contribution in [0, 0.1) is 5.92 Å². The lowest BCUT2D eigenvalue weighted by Gasteiger charge is -2.62. The van der Waals surface area contributed by atoms with Gasteiger partial charge >= 0.3 is 0 Å². The van der Waals surface area contributed by atoms with Crippen molar-refractivity contribution < 1.29 is 15.0 Å². The summed E-state index contributed by atoms with van der Waals surface area (Å²) in [6, 6.07) is 3.87. The molecule has 2 fully saturated rings. The van der Waals surface area contributed by atoms with Crippen LogP contribution in [0.4, 0.5) is 0 Å². The number of nitrogens with two attached hydrogens (primary N) is 1. The molecule has 1 unspecified atom stereocenters. The number of benzene rings is 1. The van der Waals surface area contributed by atoms with Crippen molar-refractivity contribution in [1.29, 1.82) is 0 Å². The molecule has 2 bridgehead atoms. The number of aliphatic hydroxyl groups is 1. The minimum absolute atomic E-state index is 0.00414. The number of phenols is 1.